The minimum absolute atomic E-state index is 0.0659. The number of carbonyl (C=O) groups excluding carboxylic acids is 2. The second kappa shape index (κ2) is 8.38. The molecule has 2 amide bonds. The van der Waals surface area contributed by atoms with Crippen molar-refractivity contribution in [2.75, 3.05) is 13.1 Å². The SMILES string of the molecule is C=CCN(CCC(=O)NCc1ccccc1Cl)C(C)=O. The molecule has 1 aromatic carbocycles. The zero-order valence-corrected chi connectivity index (χ0v) is 12.3. The third-order valence-corrected chi connectivity index (χ3v) is 3.21. The van der Waals surface area contributed by atoms with E-state index in [0.717, 1.165) is 5.56 Å². The summed E-state index contributed by atoms with van der Waals surface area (Å²) in [6.07, 6.45) is 1.90. The minimum Gasteiger partial charge on any atom is -0.352 e. The Morgan fingerprint density at radius 1 is 1.40 bits per heavy atom. The molecule has 20 heavy (non-hydrogen) atoms. The van der Waals surface area contributed by atoms with Crippen LogP contribution in [0, 0.1) is 0 Å². The molecule has 0 fully saturated rings. The lowest BCUT2D eigenvalue weighted by molar-refractivity contribution is -0.129. The van der Waals surface area contributed by atoms with Crippen molar-refractivity contribution in [2.45, 2.75) is 19.9 Å². The smallest absolute Gasteiger partial charge is 0.222 e. The molecule has 0 heterocycles. The van der Waals surface area contributed by atoms with E-state index < -0.39 is 0 Å². The van der Waals surface area contributed by atoms with Crippen molar-refractivity contribution in [2.24, 2.45) is 0 Å². The number of amides is 2. The third kappa shape index (κ3) is 5.45. The van der Waals surface area contributed by atoms with E-state index in [4.69, 9.17) is 11.6 Å². The Hall–Kier alpha value is -1.81. The number of benzene rings is 1. The molecule has 0 aliphatic heterocycles. The van der Waals surface area contributed by atoms with Gasteiger partial charge in [0.25, 0.3) is 0 Å². The summed E-state index contributed by atoms with van der Waals surface area (Å²) in [5.41, 5.74) is 0.872. The number of hydrogen-bond donors (Lipinski definition) is 1. The number of nitrogens with zero attached hydrogens (tertiary/aromatic N) is 1. The van der Waals surface area contributed by atoms with Crippen molar-refractivity contribution in [3.8, 4) is 0 Å². The van der Waals surface area contributed by atoms with E-state index in [1.807, 2.05) is 18.2 Å². The summed E-state index contributed by atoms with van der Waals surface area (Å²) in [6, 6.07) is 7.36. The Bertz CT molecular complexity index is 489. The highest BCUT2D eigenvalue weighted by molar-refractivity contribution is 6.31. The van der Waals surface area contributed by atoms with Gasteiger partial charge in [-0.2, -0.15) is 0 Å². The molecule has 0 aliphatic rings. The van der Waals surface area contributed by atoms with Gasteiger partial charge in [-0.15, -0.1) is 6.58 Å². The maximum atomic E-state index is 11.7. The van der Waals surface area contributed by atoms with Crippen LogP contribution < -0.4 is 5.32 Å². The Balaban J connectivity index is 2.38. The summed E-state index contributed by atoms with van der Waals surface area (Å²) in [4.78, 5) is 24.6. The average Bonchev–Trinajstić information content (AvgIpc) is 2.42. The van der Waals surface area contributed by atoms with Gasteiger partial charge >= 0.3 is 0 Å². The third-order valence-electron chi connectivity index (χ3n) is 2.84. The summed E-state index contributed by atoms with van der Waals surface area (Å²) >= 11 is 6.00. The summed E-state index contributed by atoms with van der Waals surface area (Å²) in [5, 5.41) is 3.42. The molecule has 0 atom stereocenters. The van der Waals surface area contributed by atoms with Crippen LogP contribution in [0.2, 0.25) is 5.02 Å². The van der Waals surface area contributed by atoms with E-state index in [1.54, 1.807) is 17.0 Å². The lowest BCUT2D eigenvalue weighted by Crippen LogP contribution is -2.33. The Morgan fingerprint density at radius 3 is 2.70 bits per heavy atom. The first kappa shape index (κ1) is 16.2. The highest BCUT2D eigenvalue weighted by atomic mass is 35.5. The minimum atomic E-state index is -0.111. The summed E-state index contributed by atoms with van der Waals surface area (Å²) in [6.45, 7) is 6.29. The first-order valence-corrected chi connectivity index (χ1v) is 6.79. The fraction of sp³-hybridized carbons (Fsp3) is 0.333. The highest BCUT2D eigenvalue weighted by Gasteiger charge is 2.09. The van der Waals surface area contributed by atoms with Crippen LogP contribution in [-0.2, 0) is 16.1 Å². The van der Waals surface area contributed by atoms with Crippen molar-refractivity contribution in [1.29, 1.82) is 0 Å². The van der Waals surface area contributed by atoms with E-state index in [1.165, 1.54) is 6.92 Å². The molecule has 0 radical (unpaired) electrons. The van der Waals surface area contributed by atoms with Crippen LogP contribution in [-0.4, -0.2) is 29.8 Å². The fourth-order valence-corrected chi connectivity index (χ4v) is 1.90. The maximum absolute atomic E-state index is 11.7. The second-order valence-corrected chi connectivity index (χ2v) is 4.78. The van der Waals surface area contributed by atoms with Crippen LogP contribution in [0.3, 0.4) is 0 Å². The first-order valence-electron chi connectivity index (χ1n) is 6.41. The molecule has 0 saturated heterocycles. The zero-order valence-electron chi connectivity index (χ0n) is 11.6. The van der Waals surface area contributed by atoms with Gasteiger partial charge in [0.05, 0.1) is 0 Å². The lowest BCUT2D eigenvalue weighted by atomic mass is 10.2. The molecule has 1 rings (SSSR count). The fourth-order valence-electron chi connectivity index (χ4n) is 1.69. The molecule has 0 saturated carbocycles. The molecule has 0 bridgehead atoms. The molecule has 5 heteroatoms. The van der Waals surface area contributed by atoms with Gasteiger partial charge in [-0.1, -0.05) is 35.9 Å². The molecule has 0 aliphatic carbocycles. The predicted molar refractivity (Wildman–Crippen MR) is 80.4 cm³/mol. The van der Waals surface area contributed by atoms with E-state index >= 15 is 0 Å². The van der Waals surface area contributed by atoms with Crippen LogP contribution in [0.25, 0.3) is 0 Å². The van der Waals surface area contributed by atoms with Crippen molar-refractivity contribution in [3.63, 3.8) is 0 Å². The first-order chi connectivity index (χ1) is 9.54. The topological polar surface area (TPSA) is 49.4 Å². The van der Waals surface area contributed by atoms with Crippen molar-refractivity contribution in [1.82, 2.24) is 10.2 Å². The second-order valence-electron chi connectivity index (χ2n) is 4.37. The Labute approximate surface area is 124 Å². The van der Waals surface area contributed by atoms with Gasteiger partial charge in [0.15, 0.2) is 0 Å². The lowest BCUT2D eigenvalue weighted by Gasteiger charge is -2.18. The van der Waals surface area contributed by atoms with Crippen LogP contribution in [0.4, 0.5) is 0 Å². The summed E-state index contributed by atoms with van der Waals surface area (Å²) in [5.74, 6) is -0.177. The predicted octanol–water partition coefficient (Wildman–Crippen LogP) is 2.38. The quantitative estimate of drug-likeness (QED) is 0.785. The van der Waals surface area contributed by atoms with Crippen molar-refractivity contribution >= 4 is 23.4 Å². The van der Waals surface area contributed by atoms with Crippen molar-refractivity contribution < 1.29 is 9.59 Å². The average molecular weight is 295 g/mol. The summed E-state index contributed by atoms with van der Waals surface area (Å²) < 4.78 is 0. The molecule has 0 unspecified atom stereocenters. The van der Waals surface area contributed by atoms with Gasteiger partial charge in [0.1, 0.15) is 0 Å². The number of halogens is 1. The van der Waals surface area contributed by atoms with E-state index in [0.29, 0.717) is 24.7 Å². The number of carbonyl (C=O) groups is 2. The molecular formula is C15H19ClN2O2. The molecule has 4 nitrogen and oxygen atoms in total. The summed E-state index contributed by atoms with van der Waals surface area (Å²) in [7, 11) is 0. The van der Waals surface area contributed by atoms with Crippen LogP contribution in [0.15, 0.2) is 36.9 Å². The van der Waals surface area contributed by atoms with Crippen LogP contribution in [0.5, 0.6) is 0 Å². The Kier molecular flexibility index (Phi) is 6.81. The standard InChI is InChI=1S/C15H19ClN2O2/c1-3-9-18(12(2)19)10-8-15(20)17-11-13-6-4-5-7-14(13)16/h3-7H,1,8-11H2,2H3,(H,17,20). The van der Waals surface area contributed by atoms with Gasteiger partial charge in [-0.05, 0) is 11.6 Å². The molecule has 0 spiro atoms. The van der Waals surface area contributed by atoms with Gasteiger partial charge < -0.3 is 10.2 Å². The van der Waals surface area contributed by atoms with Gasteiger partial charge in [0.2, 0.25) is 11.8 Å². The van der Waals surface area contributed by atoms with Crippen LogP contribution >= 0.6 is 11.6 Å². The number of nitrogens with one attached hydrogen (secondary N) is 1. The van der Waals surface area contributed by atoms with Gasteiger partial charge in [0, 0.05) is 38.0 Å². The van der Waals surface area contributed by atoms with Crippen LogP contribution in [0.1, 0.15) is 18.9 Å². The molecule has 1 aromatic rings. The molecule has 0 aromatic heterocycles. The zero-order chi connectivity index (χ0) is 15.0. The monoisotopic (exact) mass is 294 g/mol. The largest absolute Gasteiger partial charge is 0.352 e. The maximum Gasteiger partial charge on any atom is 0.222 e. The molecule has 1 N–H and O–H groups in total. The van der Waals surface area contributed by atoms with Gasteiger partial charge in [-0.3, -0.25) is 9.59 Å². The number of rotatable bonds is 7. The van der Waals surface area contributed by atoms with E-state index in [2.05, 4.69) is 11.9 Å². The molecule has 108 valence electrons. The van der Waals surface area contributed by atoms with Crippen molar-refractivity contribution in [3.05, 3.63) is 47.5 Å². The van der Waals surface area contributed by atoms with E-state index in [9.17, 15) is 9.59 Å². The Morgan fingerprint density at radius 2 is 2.10 bits per heavy atom. The van der Waals surface area contributed by atoms with E-state index in [-0.39, 0.29) is 18.2 Å². The van der Waals surface area contributed by atoms with Gasteiger partial charge in [-0.25, -0.2) is 0 Å². The molecular weight excluding hydrogens is 276 g/mol. The number of hydrogen-bond acceptors (Lipinski definition) is 2. The normalized spacial score (nSPS) is 9.90. The highest BCUT2D eigenvalue weighted by Crippen LogP contribution is 2.14.